The summed E-state index contributed by atoms with van der Waals surface area (Å²) >= 11 is 0. The zero-order chi connectivity index (χ0) is 13.8. The molecule has 0 atom stereocenters. The highest BCUT2D eigenvalue weighted by molar-refractivity contribution is 6.08. The van der Waals surface area contributed by atoms with Crippen LogP contribution in [0.2, 0.25) is 0 Å². The number of nitrogens with one attached hydrogen (secondary N) is 1. The van der Waals surface area contributed by atoms with Crippen molar-refractivity contribution in [3.63, 3.8) is 0 Å². The van der Waals surface area contributed by atoms with Crippen molar-refractivity contribution >= 4 is 11.8 Å². The van der Waals surface area contributed by atoms with E-state index in [2.05, 4.69) is 0 Å². The van der Waals surface area contributed by atoms with Crippen LogP contribution < -0.4 is 0 Å². The molecule has 0 aliphatic carbocycles. The van der Waals surface area contributed by atoms with Crippen molar-refractivity contribution in [2.75, 3.05) is 0 Å². The SMILES string of the molecule is Cc1cccc(C(=N)/C=C\c2c(C)cccc2F)c1. The lowest BCUT2D eigenvalue weighted by atomic mass is 10.0. The predicted octanol–water partition coefficient (Wildman–Crippen LogP) is 4.52. The van der Waals surface area contributed by atoms with Gasteiger partial charge in [-0.1, -0.05) is 35.9 Å². The summed E-state index contributed by atoms with van der Waals surface area (Å²) in [5, 5.41) is 8.01. The largest absolute Gasteiger partial charge is 0.300 e. The van der Waals surface area contributed by atoms with Crippen LogP contribution in [0.5, 0.6) is 0 Å². The van der Waals surface area contributed by atoms with E-state index in [4.69, 9.17) is 5.41 Å². The van der Waals surface area contributed by atoms with E-state index in [1.807, 2.05) is 44.2 Å². The maximum atomic E-state index is 13.6. The van der Waals surface area contributed by atoms with Crippen molar-refractivity contribution in [1.29, 1.82) is 5.41 Å². The normalized spacial score (nSPS) is 10.9. The fourth-order valence-corrected chi connectivity index (χ4v) is 1.93. The third-order valence-electron chi connectivity index (χ3n) is 3.02. The number of rotatable bonds is 3. The van der Waals surface area contributed by atoms with Crippen LogP contribution in [0.25, 0.3) is 6.08 Å². The highest BCUT2D eigenvalue weighted by Crippen LogP contribution is 2.15. The molecular formula is C17H16FN. The maximum Gasteiger partial charge on any atom is 0.130 e. The Kier molecular flexibility index (Phi) is 3.91. The standard InChI is InChI=1S/C17H16FN/c1-12-5-3-7-14(11-12)17(19)10-9-15-13(2)6-4-8-16(15)18/h3-11,19H,1-2H3/b10-9-,19-17?. The van der Waals surface area contributed by atoms with E-state index in [1.165, 1.54) is 6.07 Å². The molecule has 2 aromatic carbocycles. The van der Waals surface area contributed by atoms with Gasteiger partial charge in [-0.2, -0.15) is 0 Å². The van der Waals surface area contributed by atoms with Crippen molar-refractivity contribution in [3.05, 3.63) is 76.6 Å². The second kappa shape index (κ2) is 5.61. The van der Waals surface area contributed by atoms with Crippen LogP contribution in [-0.4, -0.2) is 5.71 Å². The second-order valence-corrected chi connectivity index (χ2v) is 4.59. The summed E-state index contributed by atoms with van der Waals surface area (Å²) in [5.74, 6) is -0.256. The molecule has 1 N–H and O–H groups in total. The minimum atomic E-state index is -0.256. The van der Waals surface area contributed by atoms with Crippen molar-refractivity contribution in [2.24, 2.45) is 0 Å². The smallest absolute Gasteiger partial charge is 0.130 e. The molecule has 0 unspecified atom stereocenters. The summed E-state index contributed by atoms with van der Waals surface area (Å²) in [6, 6.07) is 12.7. The first-order chi connectivity index (χ1) is 9.08. The van der Waals surface area contributed by atoms with E-state index >= 15 is 0 Å². The molecule has 0 aliphatic rings. The van der Waals surface area contributed by atoms with Crippen LogP contribution in [0.15, 0.2) is 48.5 Å². The molecule has 2 heteroatoms. The molecule has 0 aliphatic heterocycles. The van der Waals surface area contributed by atoms with E-state index in [9.17, 15) is 4.39 Å². The summed E-state index contributed by atoms with van der Waals surface area (Å²) < 4.78 is 13.6. The number of aryl methyl sites for hydroxylation is 2. The van der Waals surface area contributed by atoms with Gasteiger partial charge in [0.1, 0.15) is 5.82 Å². The van der Waals surface area contributed by atoms with Crippen LogP contribution >= 0.6 is 0 Å². The molecule has 0 bridgehead atoms. The number of hydrogen-bond donors (Lipinski definition) is 1. The van der Waals surface area contributed by atoms with Crippen molar-refractivity contribution < 1.29 is 4.39 Å². The van der Waals surface area contributed by atoms with Gasteiger partial charge in [0, 0.05) is 5.56 Å². The van der Waals surface area contributed by atoms with Gasteiger partial charge in [0.2, 0.25) is 0 Å². The lowest BCUT2D eigenvalue weighted by Crippen LogP contribution is -1.95. The molecule has 0 saturated carbocycles. The molecule has 1 nitrogen and oxygen atoms in total. The monoisotopic (exact) mass is 253 g/mol. The van der Waals surface area contributed by atoms with E-state index in [0.717, 1.165) is 16.7 Å². The summed E-state index contributed by atoms with van der Waals surface area (Å²) in [4.78, 5) is 0. The van der Waals surface area contributed by atoms with Crippen LogP contribution in [0, 0.1) is 25.1 Å². The fourth-order valence-electron chi connectivity index (χ4n) is 1.93. The zero-order valence-corrected chi connectivity index (χ0v) is 11.1. The Morgan fingerprint density at radius 2 is 1.84 bits per heavy atom. The Bertz CT molecular complexity index is 621. The Morgan fingerprint density at radius 1 is 1.11 bits per heavy atom. The average molecular weight is 253 g/mol. The number of hydrogen-bond acceptors (Lipinski definition) is 1. The molecule has 0 spiro atoms. The molecule has 2 rings (SSSR count). The van der Waals surface area contributed by atoms with Gasteiger partial charge < -0.3 is 5.41 Å². The Balaban J connectivity index is 2.26. The van der Waals surface area contributed by atoms with E-state index < -0.39 is 0 Å². The number of benzene rings is 2. The molecule has 0 heterocycles. The summed E-state index contributed by atoms with van der Waals surface area (Å²) in [6.45, 7) is 3.85. The van der Waals surface area contributed by atoms with Crippen molar-refractivity contribution in [1.82, 2.24) is 0 Å². The second-order valence-electron chi connectivity index (χ2n) is 4.59. The Hall–Kier alpha value is -2.22. The van der Waals surface area contributed by atoms with Crippen LogP contribution in [-0.2, 0) is 0 Å². The molecule has 96 valence electrons. The Labute approximate surface area is 112 Å². The first-order valence-electron chi connectivity index (χ1n) is 6.17. The first kappa shape index (κ1) is 13.2. The minimum absolute atomic E-state index is 0.256. The average Bonchev–Trinajstić information content (AvgIpc) is 2.38. The van der Waals surface area contributed by atoms with Crippen LogP contribution in [0.4, 0.5) is 4.39 Å². The van der Waals surface area contributed by atoms with Crippen LogP contribution in [0.3, 0.4) is 0 Å². The van der Waals surface area contributed by atoms with Gasteiger partial charge in [0.25, 0.3) is 0 Å². The van der Waals surface area contributed by atoms with Crippen molar-refractivity contribution in [3.8, 4) is 0 Å². The van der Waals surface area contributed by atoms with Gasteiger partial charge in [0.05, 0.1) is 5.71 Å². The molecule has 0 aromatic heterocycles. The number of allylic oxidation sites excluding steroid dienone is 1. The maximum absolute atomic E-state index is 13.6. The highest BCUT2D eigenvalue weighted by Gasteiger charge is 2.02. The molecule has 0 radical (unpaired) electrons. The molecule has 19 heavy (non-hydrogen) atoms. The predicted molar refractivity (Wildman–Crippen MR) is 78.2 cm³/mol. The summed E-state index contributed by atoms with van der Waals surface area (Å²) in [7, 11) is 0. The zero-order valence-electron chi connectivity index (χ0n) is 11.1. The van der Waals surface area contributed by atoms with Gasteiger partial charge in [-0.15, -0.1) is 0 Å². The fraction of sp³-hybridized carbons (Fsp3) is 0.118. The van der Waals surface area contributed by atoms with Gasteiger partial charge in [-0.25, -0.2) is 4.39 Å². The first-order valence-corrected chi connectivity index (χ1v) is 6.17. The van der Waals surface area contributed by atoms with E-state index in [-0.39, 0.29) is 5.82 Å². The van der Waals surface area contributed by atoms with Crippen LogP contribution in [0.1, 0.15) is 22.3 Å². The molecular weight excluding hydrogens is 237 g/mol. The summed E-state index contributed by atoms with van der Waals surface area (Å²) in [5.41, 5.74) is 3.74. The third-order valence-corrected chi connectivity index (χ3v) is 3.02. The quantitative estimate of drug-likeness (QED) is 0.777. The third kappa shape index (κ3) is 3.16. The van der Waals surface area contributed by atoms with Gasteiger partial charge in [-0.3, -0.25) is 0 Å². The van der Waals surface area contributed by atoms with E-state index in [1.54, 1.807) is 18.2 Å². The van der Waals surface area contributed by atoms with Crippen molar-refractivity contribution in [2.45, 2.75) is 13.8 Å². The van der Waals surface area contributed by atoms with Gasteiger partial charge in [-0.05, 0) is 49.3 Å². The highest BCUT2D eigenvalue weighted by atomic mass is 19.1. The lowest BCUT2D eigenvalue weighted by Gasteiger charge is -2.03. The summed E-state index contributed by atoms with van der Waals surface area (Å²) in [6.07, 6.45) is 3.30. The van der Waals surface area contributed by atoms with E-state index in [0.29, 0.717) is 11.3 Å². The molecule has 0 amide bonds. The molecule has 0 saturated heterocycles. The Morgan fingerprint density at radius 3 is 2.53 bits per heavy atom. The molecule has 2 aromatic rings. The topological polar surface area (TPSA) is 23.9 Å². The van der Waals surface area contributed by atoms with Gasteiger partial charge >= 0.3 is 0 Å². The lowest BCUT2D eigenvalue weighted by molar-refractivity contribution is 0.624. The minimum Gasteiger partial charge on any atom is -0.300 e. The molecule has 0 fully saturated rings. The van der Waals surface area contributed by atoms with Gasteiger partial charge in [0.15, 0.2) is 0 Å². The number of halogens is 1.